The highest BCUT2D eigenvalue weighted by molar-refractivity contribution is 6.51. The minimum atomic E-state index is -0.707. The average Bonchev–Trinajstić information content (AvgIpc) is 3.04. The highest BCUT2D eigenvalue weighted by Gasteiger charge is 2.46. The highest BCUT2D eigenvalue weighted by atomic mass is 16.3. The summed E-state index contributed by atoms with van der Waals surface area (Å²) in [5.74, 6) is -1.49. The van der Waals surface area contributed by atoms with E-state index < -0.39 is 17.7 Å². The summed E-state index contributed by atoms with van der Waals surface area (Å²) in [6, 6.07) is 25.2. The molecule has 1 atom stereocenters. The number of aliphatic hydroxyl groups is 1. The SMILES string of the molecule is CC(C)(C)c1ccc(N2C(=O)C(=O)/C(=C(/O)c3ccccc3)C2c2ccccc2)cc1. The third-order valence-electron chi connectivity index (χ3n) is 5.62. The second-order valence-electron chi connectivity index (χ2n) is 8.74. The summed E-state index contributed by atoms with van der Waals surface area (Å²) in [5.41, 5.74) is 3.09. The molecule has 0 spiro atoms. The van der Waals surface area contributed by atoms with Crippen LogP contribution in [0.5, 0.6) is 0 Å². The van der Waals surface area contributed by atoms with Crippen LogP contribution >= 0.6 is 0 Å². The van der Waals surface area contributed by atoms with Crippen LogP contribution in [-0.4, -0.2) is 16.8 Å². The Balaban J connectivity index is 1.89. The lowest BCUT2D eigenvalue weighted by molar-refractivity contribution is -0.132. The zero-order chi connectivity index (χ0) is 22.2. The number of rotatable bonds is 3. The molecule has 3 aromatic carbocycles. The van der Waals surface area contributed by atoms with E-state index in [4.69, 9.17) is 0 Å². The molecular weight excluding hydrogens is 386 g/mol. The van der Waals surface area contributed by atoms with Gasteiger partial charge in [0.15, 0.2) is 0 Å². The van der Waals surface area contributed by atoms with Crippen LogP contribution < -0.4 is 4.90 Å². The molecule has 156 valence electrons. The van der Waals surface area contributed by atoms with Crippen molar-refractivity contribution in [3.63, 3.8) is 0 Å². The van der Waals surface area contributed by atoms with Crippen molar-refractivity contribution in [3.8, 4) is 0 Å². The molecule has 1 fully saturated rings. The fourth-order valence-electron chi connectivity index (χ4n) is 3.92. The van der Waals surface area contributed by atoms with Gasteiger partial charge in [-0.25, -0.2) is 0 Å². The van der Waals surface area contributed by atoms with Gasteiger partial charge < -0.3 is 5.11 Å². The molecule has 0 bridgehead atoms. The summed E-state index contributed by atoms with van der Waals surface area (Å²) in [5, 5.41) is 11.0. The number of carbonyl (C=O) groups is 2. The number of hydrogen-bond donors (Lipinski definition) is 1. The minimum absolute atomic E-state index is 0.0289. The Bertz CT molecular complexity index is 1140. The monoisotopic (exact) mass is 411 g/mol. The molecule has 1 aliphatic heterocycles. The van der Waals surface area contributed by atoms with Gasteiger partial charge in [0, 0.05) is 11.3 Å². The molecule has 0 radical (unpaired) electrons. The second kappa shape index (κ2) is 7.88. The zero-order valence-electron chi connectivity index (χ0n) is 17.9. The Morgan fingerprint density at radius 3 is 1.90 bits per heavy atom. The first-order chi connectivity index (χ1) is 14.8. The fourth-order valence-corrected chi connectivity index (χ4v) is 3.92. The molecule has 1 N–H and O–H groups in total. The van der Waals surface area contributed by atoms with Crippen LogP contribution in [-0.2, 0) is 15.0 Å². The third kappa shape index (κ3) is 3.77. The molecule has 0 aliphatic carbocycles. The topological polar surface area (TPSA) is 57.6 Å². The van der Waals surface area contributed by atoms with Gasteiger partial charge >= 0.3 is 0 Å². The number of carbonyl (C=O) groups excluding carboxylic acids is 2. The fraction of sp³-hybridized carbons (Fsp3) is 0.185. The number of nitrogens with zero attached hydrogens (tertiary/aromatic N) is 1. The van der Waals surface area contributed by atoms with Crippen LogP contribution in [0.15, 0.2) is 90.5 Å². The van der Waals surface area contributed by atoms with Gasteiger partial charge in [-0.2, -0.15) is 0 Å². The van der Waals surface area contributed by atoms with Gasteiger partial charge in [-0.3, -0.25) is 14.5 Å². The molecule has 4 rings (SSSR count). The summed E-state index contributed by atoms with van der Waals surface area (Å²) in [4.78, 5) is 27.7. The predicted molar refractivity (Wildman–Crippen MR) is 123 cm³/mol. The number of ketones is 1. The molecule has 0 aromatic heterocycles. The van der Waals surface area contributed by atoms with Crippen LogP contribution in [0.4, 0.5) is 5.69 Å². The number of anilines is 1. The van der Waals surface area contributed by atoms with Gasteiger partial charge in [-0.15, -0.1) is 0 Å². The maximum absolute atomic E-state index is 13.1. The van der Waals surface area contributed by atoms with Crippen molar-refractivity contribution >= 4 is 23.1 Å². The standard InChI is InChI=1S/C27H25NO3/c1-27(2,3)20-14-16-21(17-15-20)28-23(18-10-6-4-7-11-18)22(25(30)26(28)31)24(29)19-12-8-5-9-13-19/h4-17,23,29H,1-3H3/b24-22+. The van der Waals surface area contributed by atoms with Crippen LogP contribution in [0.2, 0.25) is 0 Å². The molecule has 31 heavy (non-hydrogen) atoms. The molecule has 3 aromatic rings. The lowest BCUT2D eigenvalue weighted by Crippen LogP contribution is -2.29. The number of hydrogen-bond acceptors (Lipinski definition) is 3. The molecule has 1 amide bonds. The van der Waals surface area contributed by atoms with Gasteiger partial charge in [0.05, 0.1) is 11.6 Å². The van der Waals surface area contributed by atoms with Crippen molar-refractivity contribution in [2.75, 3.05) is 4.90 Å². The van der Waals surface area contributed by atoms with Crippen LogP contribution in [0.1, 0.15) is 43.5 Å². The Hall–Kier alpha value is -3.66. The number of amides is 1. The molecule has 1 unspecified atom stereocenters. The number of Topliss-reactive ketones (excluding diaryl/α,β-unsaturated/α-hetero) is 1. The maximum atomic E-state index is 13.1. The molecule has 1 heterocycles. The van der Waals surface area contributed by atoms with E-state index in [0.717, 1.165) is 11.1 Å². The van der Waals surface area contributed by atoms with E-state index in [1.165, 1.54) is 4.90 Å². The van der Waals surface area contributed by atoms with Crippen molar-refractivity contribution in [2.24, 2.45) is 0 Å². The Kier molecular flexibility index (Phi) is 5.24. The maximum Gasteiger partial charge on any atom is 0.300 e. The smallest absolute Gasteiger partial charge is 0.300 e. The van der Waals surface area contributed by atoms with Gasteiger partial charge in [0.2, 0.25) is 0 Å². The molecule has 4 heteroatoms. The number of aliphatic hydroxyl groups excluding tert-OH is 1. The van der Waals surface area contributed by atoms with E-state index in [-0.39, 0.29) is 16.7 Å². The lowest BCUT2D eigenvalue weighted by Gasteiger charge is -2.26. The van der Waals surface area contributed by atoms with Gasteiger partial charge in [-0.1, -0.05) is 93.6 Å². The van der Waals surface area contributed by atoms with Gasteiger partial charge in [0.1, 0.15) is 5.76 Å². The van der Waals surface area contributed by atoms with Crippen molar-refractivity contribution in [3.05, 3.63) is 107 Å². The Morgan fingerprint density at radius 2 is 1.35 bits per heavy atom. The predicted octanol–water partition coefficient (Wildman–Crippen LogP) is 5.61. The van der Waals surface area contributed by atoms with E-state index in [2.05, 4.69) is 20.8 Å². The minimum Gasteiger partial charge on any atom is -0.507 e. The van der Waals surface area contributed by atoms with Crippen molar-refractivity contribution in [2.45, 2.75) is 32.2 Å². The summed E-state index contributed by atoms with van der Waals surface area (Å²) in [6.07, 6.45) is 0. The first-order valence-corrected chi connectivity index (χ1v) is 10.3. The van der Waals surface area contributed by atoms with E-state index >= 15 is 0 Å². The van der Waals surface area contributed by atoms with Crippen molar-refractivity contribution in [1.82, 2.24) is 0 Å². The third-order valence-corrected chi connectivity index (χ3v) is 5.62. The Morgan fingerprint density at radius 1 is 0.806 bits per heavy atom. The van der Waals surface area contributed by atoms with Gasteiger partial charge in [0.25, 0.3) is 11.7 Å². The van der Waals surface area contributed by atoms with Crippen molar-refractivity contribution < 1.29 is 14.7 Å². The summed E-state index contributed by atoms with van der Waals surface area (Å²) < 4.78 is 0. The van der Waals surface area contributed by atoms with Crippen LogP contribution in [0.25, 0.3) is 5.76 Å². The largest absolute Gasteiger partial charge is 0.507 e. The first-order valence-electron chi connectivity index (χ1n) is 10.3. The summed E-state index contributed by atoms with van der Waals surface area (Å²) in [6.45, 7) is 6.37. The van der Waals surface area contributed by atoms with E-state index in [9.17, 15) is 14.7 Å². The number of benzene rings is 3. The quantitative estimate of drug-likeness (QED) is 0.346. The van der Waals surface area contributed by atoms with Gasteiger partial charge in [-0.05, 0) is 28.7 Å². The van der Waals surface area contributed by atoms with Crippen molar-refractivity contribution in [1.29, 1.82) is 0 Å². The normalized spacial score (nSPS) is 18.4. The molecular formula is C27H25NO3. The molecule has 0 saturated carbocycles. The van der Waals surface area contributed by atoms with Crippen LogP contribution in [0, 0.1) is 0 Å². The van der Waals surface area contributed by atoms with E-state index in [1.807, 2.05) is 60.7 Å². The zero-order valence-corrected chi connectivity index (χ0v) is 17.9. The average molecular weight is 412 g/mol. The second-order valence-corrected chi connectivity index (χ2v) is 8.74. The molecule has 4 nitrogen and oxygen atoms in total. The Labute approximate surface area is 182 Å². The van der Waals surface area contributed by atoms with E-state index in [0.29, 0.717) is 11.3 Å². The lowest BCUT2D eigenvalue weighted by atomic mass is 9.87. The van der Waals surface area contributed by atoms with Crippen LogP contribution in [0.3, 0.4) is 0 Å². The molecule has 1 aliphatic rings. The first kappa shape index (κ1) is 20.6. The highest BCUT2D eigenvalue weighted by Crippen LogP contribution is 2.42. The summed E-state index contributed by atoms with van der Waals surface area (Å²) in [7, 11) is 0. The summed E-state index contributed by atoms with van der Waals surface area (Å²) >= 11 is 0. The molecule has 1 saturated heterocycles. The van der Waals surface area contributed by atoms with E-state index in [1.54, 1.807) is 24.3 Å².